The smallest absolute Gasteiger partial charge is 0.272 e. The quantitative estimate of drug-likeness (QED) is 0.0960. The molecular weight excluding hydrogens is 600 g/mol. The fourth-order valence-electron chi connectivity index (χ4n) is 4.31. The standard InChI is InChI=1S/C36H30N4O5S/c1-23(34(42)38-27-14-12-25(13-15-27)33(37)41)46-30-19-16-28(17-20-30)39-36(44)31(40-35(43)26-10-6-3-7-11-26)22-29-18-21-32(45-29)24-8-4-2-5-9-24/h2-23H,1H3,(H2,37,41)(H,38,42)(H,39,44)(H,40,43)/b31-22+. The first-order chi connectivity index (χ1) is 22.2. The third kappa shape index (κ3) is 8.40. The summed E-state index contributed by atoms with van der Waals surface area (Å²) >= 11 is 1.34. The van der Waals surface area contributed by atoms with E-state index in [-0.39, 0.29) is 11.6 Å². The van der Waals surface area contributed by atoms with Gasteiger partial charge in [0.25, 0.3) is 11.8 Å². The maximum absolute atomic E-state index is 13.4. The summed E-state index contributed by atoms with van der Waals surface area (Å²) in [6.45, 7) is 1.78. The second kappa shape index (κ2) is 14.7. The number of furan rings is 1. The lowest BCUT2D eigenvalue weighted by atomic mass is 10.2. The highest BCUT2D eigenvalue weighted by Crippen LogP contribution is 2.27. The predicted molar refractivity (Wildman–Crippen MR) is 180 cm³/mol. The van der Waals surface area contributed by atoms with Crippen LogP contribution in [0.15, 0.2) is 136 Å². The van der Waals surface area contributed by atoms with E-state index in [9.17, 15) is 19.2 Å². The van der Waals surface area contributed by atoms with E-state index in [4.69, 9.17) is 10.2 Å². The Hall–Kier alpha value is -5.87. The summed E-state index contributed by atoms with van der Waals surface area (Å²) < 4.78 is 5.95. The zero-order valence-corrected chi connectivity index (χ0v) is 25.5. The average molecular weight is 631 g/mol. The van der Waals surface area contributed by atoms with E-state index in [0.29, 0.717) is 34.0 Å². The molecule has 0 aliphatic carbocycles. The first-order valence-corrected chi connectivity index (χ1v) is 15.2. The lowest BCUT2D eigenvalue weighted by Gasteiger charge is -2.13. The van der Waals surface area contributed by atoms with Gasteiger partial charge in [-0.1, -0.05) is 48.5 Å². The van der Waals surface area contributed by atoms with Gasteiger partial charge in [0.15, 0.2) is 0 Å². The minimum absolute atomic E-state index is 0.00424. The molecule has 1 atom stereocenters. The monoisotopic (exact) mass is 630 g/mol. The number of benzene rings is 4. The fraction of sp³-hybridized carbons (Fsp3) is 0.0556. The number of amides is 4. The maximum atomic E-state index is 13.4. The van der Waals surface area contributed by atoms with Crippen LogP contribution >= 0.6 is 11.8 Å². The topological polar surface area (TPSA) is 144 Å². The molecule has 0 aliphatic rings. The molecule has 0 saturated heterocycles. The van der Waals surface area contributed by atoms with Crippen LogP contribution in [0.3, 0.4) is 0 Å². The van der Waals surface area contributed by atoms with Crippen molar-refractivity contribution in [1.29, 1.82) is 0 Å². The molecule has 0 spiro atoms. The van der Waals surface area contributed by atoms with Crippen LogP contribution in [0.25, 0.3) is 17.4 Å². The number of rotatable bonds is 11. The summed E-state index contributed by atoms with van der Waals surface area (Å²) in [5.74, 6) is -0.734. The van der Waals surface area contributed by atoms with Gasteiger partial charge in [0.1, 0.15) is 17.2 Å². The lowest BCUT2D eigenvalue weighted by molar-refractivity contribution is -0.115. The van der Waals surface area contributed by atoms with Gasteiger partial charge in [0.05, 0.1) is 5.25 Å². The zero-order chi connectivity index (χ0) is 32.5. The van der Waals surface area contributed by atoms with Crippen LogP contribution in [-0.4, -0.2) is 28.9 Å². The molecule has 4 amide bonds. The molecule has 46 heavy (non-hydrogen) atoms. The van der Waals surface area contributed by atoms with Gasteiger partial charge in [-0.25, -0.2) is 0 Å². The molecule has 5 N–H and O–H groups in total. The lowest BCUT2D eigenvalue weighted by Crippen LogP contribution is -2.30. The number of carbonyl (C=O) groups is 4. The number of hydrogen-bond acceptors (Lipinski definition) is 6. The van der Waals surface area contributed by atoms with E-state index in [0.717, 1.165) is 10.5 Å². The van der Waals surface area contributed by atoms with E-state index in [1.54, 1.807) is 97.9 Å². The molecule has 1 heterocycles. The molecule has 1 unspecified atom stereocenters. The Bertz CT molecular complexity index is 1870. The van der Waals surface area contributed by atoms with Gasteiger partial charge >= 0.3 is 0 Å². The summed E-state index contributed by atoms with van der Waals surface area (Å²) in [5.41, 5.74) is 7.93. The summed E-state index contributed by atoms with van der Waals surface area (Å²) in [6.07, 6.45) is 1.48. The Morgan fingerprint density at radius 3 is 1.98 bits per heavy atom. The van der Waals surface area contributed by atoms with Gasteiger partial charge in [-0.3, -0.25) is 19.2 Å². The first-order valence-electron chi connectivity index (χ1n) is 14.3. The van der Waals surface area contributed by atoms with Crippen molar-refractivity contribution in [2.45, 2.75) is 17.1 Å². The van der Waals surface area contributed by atoms with Gasteiger partial charge < -0.3 is 26.1 Å². The largest absolute Gasteiger partial charge is 0.457 e. The molecule has 0 bridgehead atoms. The summed E-state index contributed by atoms with van der Waals surface area (Å²) in [4.78, 5) is 51.2. The Morgan fingerprint density at radius 2 is 1.33 bits per heavy atom. The molecule has 4 aromatic carbocycles. The number of carbonyl (C=O) groups excluding carboxylic acids is 4. The molecule has 0 fully saturated rings. The van der Waals surface area contributed by atoms with E-state index in [1.807, 2.05) is 30.3 Å². The number of hydrogen-bond donors (Lipinski definition) is 4. The number of anilines is 2. The van der Waals surface area contributed by atoms with Crippen LogP contribution in [0.5, 0.6) is 0 Å². The Balaban J connectivity index is 1.26. The minimum atomic E-state index is -0.544. The van der Waals surface area contributed by atoms with Crippen molar-refractivity contribution in [1.82, 2.24) is 5.32 Å². The molecule has 1 aromatic heterocycles. The van der Waals surface area contributed by atoms with Crippen LogP contribution in [0.4, 0.5) is 11.4 Å². The number of nitrogens with two attached hydrogens (primary N) is 1. The van der Waals surface area contributed by atoms with E-state index < -0.39 is 23.0 Å². The number of thioether (sulfide) groups is 1. The van der Waals surface area contributed by atoms with Gasteiger partial charge in [0, 0.05) is 39.0 Å². The summed E-state index contributed by atoms with van der Waals surface area (Å²) in [5, 5.41) is 7.91. The number of nitrogens with one attached hydrogen (secondary N) is 3. The molecule has 230 valence electrons. The molecule has 10 heteroatoms. The fourth-order valence-corrected chi connectivity index (χ4v) is 5.17. The van der Waals surface area contributed by atoms with Gasteiger partial charge in [-0.15, -0.1) is 11.8 Å². The Morgan fingerprint density at radius 1 is 0.717 bits per heavy atom. The second-order valence-corrected chi connectivity index (χ2v) is 11.5. The van der Waals surface area contributed by atoms with E-state index >= 15 is 0 Å². The Kier molecular flexibility index (Phi) is 10.1. The normalized spacial score (nSPS) is 11.7. The average Bonchev–Trinajstić information content (AvgIpc) is 3.55. The van der Waals surface area contributed by atoms with Crippen molar-refractivity contribution in [3.05, 3.63) is 144 Å². The first kappa shape index (κ1) is 31.6. The van der Waals surface area contributed by atoms with Gasteiger partial charge in [-0.2, -0.15) is 0 Å². The third-order valence-corrected chi connectivity index (χ3v) is 7.84. The predicted octanol–water partition coefficient (Wildman–Crippen LogP) is 6.57. The molecule has 0 saturated carbocycles. The van der Waals surface area contributed by atoms with Crippen molar-refractivity contribution in [2.75, 3.05) is 10.6 Å². The molecule has 9 nitrogen and oxygen atoms in total. The second-order valence-electron chi connectivity index (χ2n) is 10.1. The van der Waals surface area contributed by atoms with Crippen LogP contribution in [0.1, 0.15) is 33.4 Å². The number of primary amides is 1. The SMILES string of the molecule is CC(Sc1ccc(NC(=O)/C(=C\c2ccc(-c3ccccc3)o2)NC(=O)c2ccccc2)cc1)C(=O)Nc1ccc(C(N)=O)cc1. The van der Waals surface area contributed by atoms with Crippen molar-refractivity contribution >= 4 is 52.8 Å². The van der Waals surface area contributed by atoms with Crippen molar-refractivity contribution in [3.8, 4) is 11.3 Å². The highest BCUT2D eigenvalue weighted by Gasteiger charge is 2.18. The van der Waals surface area contributed by atoms with Crippen LogP contribution in [-0.2, 0) is 9.59 Å². The molecule has 5 rings (SSSR count). The van der Waals surface area contributed by atoms with Crippen LogP contribution in [0, 0.1) is 0 Å². The molecule has 0 radical (unpaired) electrons. The summed E-state index contributed by atoms with van der Waals surface area (Å²) in [6, 6.07) is 35.0. The van der Waals surface area contributed by atoms with Crippen LogP contribution in [0.2, 0.25) is 0 Å². The zero-order valence-electron chi connectivity index (χ0n) is 24.7. The van der Waals surface area contributed by atoms with Crippen molar-refractivity contribution in [2.24, 2.45) is 5.73 Å². The van der Waals surface area contributed by atoms with Gasteiger partial charge in [-0.05, 0) is 79.7 Å². The highest BCUT2D eigenvalue weighted by molar-refractivity contribution is 8.00. The Labute approximate surface area is 269 Å². The van der Waals surface area contributed by atoms with Gasteiger partial charge in [0.2, 0.25) is 11.8 Å². The van der Waals surface area contributed by atoms with Crippen molar-refractivity contribution < 1.29 is 23.6 Å². The summed E-state index contributed by atoms with van der Waals surface area (Å²) in [7, 11) is 0. The minimum Gasteiger partial charge on any atom is -0.457 e. The highest BCUT2D eigenvalue weighted by atomic mass is 32.2. The maximum Gasteiger partial charge on any atom is 0.272 e. The molecular formula is C36H30N4O5S. The van der Waals surface area contributed by atoms with E-state index in [1.165, 1.54) is 17.8 Å². The van der Waals surface area contributed by atoms with Crippen molar-refractivity contribution in [3.63, 3.8) is 0 Å². The van der Waals surface area contributed by atoms with Crippen LogP contribution < -0.4 is 21.7 Å². The van der Waals surface area contributed by atoms with E-state index in [2.05, 4.69) is 16.0 Å². The molecule has 5 aromatic rings. The molecule has 0 aliphatic heterocycles. The third-order valence-electron chi connectivity index (χ3n) is 6.73.